The number of alkyl halides is 1. The van der Waals surface area contributed by atoms with E-state index in [1.807, 2.05) is 0 Å². The average molecular weight is 149 g/mol. The van der Waals surface area contributed by atoms with Crippen molar-refractivity contribution in [2.75, 3.05) is 0 Å². The number of aliphatic hydroxyl groups excluding tert-OH is 1. The van der Waals surface area contributed by atoms with E-state index >= 15 is 0 Å². The number of aliphatic hydroxyl groups is 1. The lowest BCUT2D eigenvalue weighted by Gasteiger charge is -2.11. The fourth-order valence-corrected chi connectivity index (χ4v) is 1.52. The van der Waals surface area contributed by atoms with Crippen molar-refractivity contribution in [3.8, 4) is 0 Å². The van der Waals surface area contributed by atoms with Gasteiger partial charge in [0.25, 0.3) is 0 Å². The van der Waals surface area contributed by atoms with Gasteiger partial charge in [0.05, 0.1) is 11.5 Å². The quantitative estimate of drug-likeness (QED) is 0.411. The zero-order chi connectivity index (χ0) is 6.69. The Hall–Kier alpha value is 0.250. The lowest BCUT2D eigenvalue weighted by molar-refractivity contribution is 0.161. The summed E-state index contributed by atoms with van der Waals surface area (Å²) in [5.41, 5.74) is 0. The third-order valence-corrected chi connectivity index (χ3v) is 2.41. The van der Waals surface area contributed by atoms with E-state index in [-0.39, 0.29) is 11.5 Å². The molecule has 54 valence electrons. The highest BCUT2D eigenvalue weighted by molar-refractivity contribution is 6.21. The zero-order valence-electron chi connectivity index (χ0n) is 5.52. The van der Waals surface area contributed by atoms with Gasteiger partial charge in [-0.2, -0.15) is 0 Å². The molecule has 9 heavy (non-hydrogen) atoms. The number of hydrogen-bond donors (Lipinski definition) is 1. The molecule has 2 heteroatoms. The summed E-state index contributed by atoms with van der Waals surface area (Å²) in [5.74, 6) is 0. The van der Waals surface area contributed by atoms with Crippen molar-refractivity contribution in [1.29, 1.82) is 0 Å². The van der Waals surface area contributed by atoms with Gasteiger partial charge in [-0.15, -0.1) is 11.6 Å². The third-order valence-electron chi connectivity index (χ3n) is 1.90. The molecular formula is C7H13ClO. The van der Waals surface area contributed by atoms with Gasteiger partial charge in [0.15, 0.2) is 0 Å². The molecule has 2 atom stereocenters. The number of hydrogen-bond acceptors (Lipinski definition) is 1. The molecule has 0 aromatic heterocycles. The molecule has 1 aliphatic carbocycles. The monoisotopic (exact) mass is 148 g/mol. The molecule has 0 aromatic rings. The molecule has 0 bridgehead atoms. The van der Waals surface area contributed by atoms with E-state index in [2.05, 4.69) is 0 Å². The second kappa shape index (κ2) is 3.43. The van der Waals surface area contributed by atoms with Crippen LogP contribution >= 0.6 is 11.6 Å². The molecule has 0 unspecified atom stereocenters. The van der Waals surface area contributed by atoms with Crippen LogP contribution in [0.3, 0.4) is 0 Å². The summed E-state index contributed by atoms with van der Waals surface area (Å²) in [4.78, 5) is 0. The third kappa shape index (κ3) is 2.15. The van der Waals surface area contributed by atoms with Crippen LogP contribution in [-0.2, 0) is 0 Å². The van der Waals surface area contributed by atoms with Crippen LogP contribution in [0, 0.1) is 0 Å². The van der Waals surface area contributed by atoms with Gasteiger partial charge in [-0.05, 0) is 12.8 Å². The maximum atomic E-state index is 9.23. The van der Waals surface area contributed by atoms with Crippen LogP contribution in [0.15, 0.2) is 0 Å². The summed E-state index contributed by atoms with van der Waals surface area (Å²) in [5, 5.41) is 9.25. The Balaban J connectivity index is 2.32. The Morgan fingerprint density at radius 2 is 1.78 bits per heavy atom. The molecule has 1 N–H and O–H groups in total. The topological polar surface area (TPSA) is 20.2 Å². The molecule has 1 nitrogen and oxygen atoms in total. The second-order valence-electron chi connectivity index (χ2n) is 2.72. The molecule has 1 aliphatic rings. The lowest BCUT2D eigenvalue weighted by atomic mass is 10.1. The molecule has 0 spiro atoms. The molecule has 0 aromatic carbocycles. The fourth-order valence-electron chi connectivity index (χ4n) is 1.24. The molecule has 0 aliphatic heterocycles. The highest BCUT2D eigenvalue weighted by Gasteiger charge is 2.18. The van der Waals surface area contributed by atoms with Crippen LogP contribution in [0.2, 0.25) is 0 Å². The van der Waals surface area contributed by atoms with Crippen molar-refractivity contribution in [1.82, 2.24) is 0 Å². The van der Waals surface area contributed by atoms with Crippen LogP contribution in [0.4, 0.5) is 0 Å². The first-order valence-corrected chi connectivity index (χ1v) is 4.06. The van der Waals surface area contributed by atoms with E-state index < -0.39 is 0 Å². The highest BCUT2D eigenvalue weighted by atomic mass is 35.5. The van der Waals surface area contributed by atoms with Crippen molar-refractivity contribution in [2.45, 2.75) is 43.6 Å². The maximum absolute atomic E-state index is 9.23. The molecule has 0 radical (unpaired) electrons. The summed E-state index contributed by atoms with van der Waals surface area (Å²) in [7, 11) is 0. The van der Waals surface area contributed by atoms with Gasteiger partial charge in [0.1, 0.15) is 0 Å². The van der Waals surface area contributed by atoms with Gasteiger partial charge in [0.2, 0.25) is 0 Å². The highest BCUT2D eigenvalue weighted by Crippen LogP contribution is 2.21. The van der Waals surface area contributed by atoms with E-state index in [1.54, 1.807) is 0 Å². The largest absolute Gasteiger partial charge is 0.392 e. The zero-order valence-corrected chi connectivity index (χ0v) is 6.27. The van der Waals surface area contributed by atoms with Crippen LogP contribution in [0.1, 0.15) is 32.1 Å². The van der Waals surface area contributed by atoms with Gasteiger partial charge < -0.3 is 5.11 Å². The predicted molar refractivity (Wildman–Crippen MR) is 38.7 cm³/mol. The van der Waals surface area contributed by atoms with E-state index in [1.165, 1.54) is 12.8 Å². The Kier molecular flexibility index (Phi) is 2.80. The molecule has 0 heterocycles. The first-order valence-electron chi connectivity index (χ1n) is 3.63. The molecule has 1 rings (SSSR count). The molecular weight excluding hydrogens is 136 g/mol. The Morgan fingerprint density at radius 1 is 1.11 bits per heavy atom. The van der Waals surface area contributed by atoms with Gasteiger partial charge in [-0.25, -0.2) is 0 Å². The van der Waals surface area contributed by atoms with Crippen LogP contribution in [0.25, 0.3) is 0 Å². The van der Waals surface area contributed by atoms with E-state index in [0.717, 1.165) is 19.3 Å². The Labute approximate surface area is 61.0 Å². The van der Waals surface area contributed by atoms with Gasteiger partial charge >= 0.3 is 0 Å². The summed E-state index contributed by atoms with van der Waals surface area (Å²) in [6.45, 7) is 0. The van der Waals surface area contributed by atoms with Crippen LogP contribution in [0.5, 0.6) is 0 Å². The number of halogens is 1. The Bertz CT molecular complexity index is 75.0. The minimum absolute atomic E-state index is 0.0208. The van der Waals surface area contributed by atoms with Gasteiger partial charge in [-0.1, -0.05) is 19.3 Å². The smallest absolute Gasteiger partial charge is 0.0703 e. The van der Waals surface area contributed by atoms with E-state index in [4.69, 9.17) is 11.6 Å². The summed E-state index contributed by atoms with van der Waals surface area (Å²) in [6.07, 6.45) is 5.21. The van der Waals surface area contributed by atoms with Crippen molar-refractivity contribution < 1.29 is 5.11 Å². The summed E-state index contributed by atoms with van der Waals surface area (Å²) in [6, 6.07) is 0. The Morgan fingerprint density at radius 3 is 2.56 bits per heavy atom. The van der Waals surface area contributed by atoms with Gasteiger partial charge in [-0.3, -0.25) is 0 Å². The fraction of sp³-hybridized carbons (Fsp3) is 1.00. The molecule has 0 amide bonds. The first kappa shape index (κ1) is 7.36. The minimum Gasteiger partial charge on any atom is -0.392 e. The van der Waals surface area contributed by atoms with E-state index in [9.17, 15) is 5.11 Å². The normalized spacial score (nSPS) is 38.0. The summed E-state index contributed by atoms with van der Waals surface area (Å²) < 4.78 is 0. The minimum atomic E-state index is -0.242. The average Bonchev–Trinajstić information content (AvgIpc) is 1.99. The first-order chi connectivity index (χ1) is 4.30. The lowest BCUT2D eigenvalue weighted by Crippen LogP contribution is -2.18. The van der Waals surface area contributed by atoms with Crippen molar-refractivity contribution in [2.24, 2.45) is 0 Å². The number of rotatable bonds is 0. The van der Waals surface area contributed by atoms with Crippen LogP contribution < -0.4 is 0 Å². The van der Waals surface area contributed by atoms with Crippen LogP contribution in [-0.4, -0.2) is 16.6 Å². The van der Waals surface area contributed by atoms with Gasteiger partial charge in [0, 0.05) is 0 Å². The molecule has 0 saturated heterocycles. The van der Waals surface area contributed by atoms with E-state index in [0.29, 0.717) is 0 Å². The standard InChI is InChI=1S/C7H13ClO/c8-6-4-2-1-3-5-7(6)9/h6-7,9H,1-5H2/t6-,7+/m0/s1. The summed E-state index contributed by atoms with van der Waals surface area (Å²) >= 11 is 5.82. The second-order valence-corrected chi connectivity index (χ2v) is 3.28. The van der Waals surface area contributed by atoms with Crippen molar-refractivity contribution >= 4 is 11.6 Å². The maximum Gasteiger partial charge on any atom is 0.0703 e. The predicted octanol–water partition coefficient (Wildman–Crippen LogP) is 1.92. The molecule has 1 fully saturated rings. The molecule has 1 saturated carbocycles. The van der Waals surface area contributed by atoms with Crippen molar-refractivity contribution in [3.63, 3.8) is 0 Å². The van der Waals surface area contributed by atoms with Crippen molar-refractivity contribution in [3.05, 3.63) is 0 Å². The SMILES string of the molecule is O[C@@H]1CCCCC[C@@H]1Cl.